The number of hydrogen-bond donors (Lipinski definition) is 1. The van der Waals surface area contributed by atoms with Crippen molar-refractivity contribution in [2.75, 3.05) is 12.8 Å². The van der Waals surface area contributed by atoms with Crippen LogP contribution in [0.3, 0.4) is 0 Å². The summed E-state index contributed by atoms with van der Waals surface area (Å²) < 4.78 is 5.16. The zero-order chi connectivity index (χ0) is 11.4. The molecule has 3 nitrogen and oxygen atoms in total. The Morgan fingerprint density at radius 1 is 1.50 bits per heavy atom. The van der Waals surface area contributed by atoms with Gasteiger partial charge in [-0.15, -0.1) is 23.1 Å². The molecule has 1 heterocycles. The van der Waals surface area contributed by atoms with Gasteiger partial charge < -0.3 is 10.5 Å². The Balaban J connectivity index is 2.08. The molecule has 5 heteroatoms. The number of hydrogen-bond acceptors (Lipinski definition) is 5. The van der Waals surface area contributed by atoms with Crippen LogP contribution >= 0.6 is 23.1 Å². The van der Waals surface area contributed by atoms with Gasteiger partial charge in [0.05, 0.1) is 18.3 Å². The molecule has 0 saturated heterocycles. The van der Waals surface area contributed by atoms with E-state index in [2.05, 4.69) is 4.98 Å². The van der Waals surface area contributed by atoms with Gasteiger partial charge in [0, 0.05) is 21.7 Å². The number of rotatable bonds is 4. The number of nitrogens with zero attached hydrogens (tertiary/aromatic N) is 1. The zero-order valence-electron chi connectivity index (χ0n) is 8.84. The molecule has 0 amide bonds. The molecule has 0 fully saturated rings. The van der Waals surface area contributed by atoms with E-state index in [0.717, 1.165) is 27.8 Å². The van der Waals surface area contributed by atoms with Gasteiger partial charge in [-0.25, -0.2) is 4.98 Å². The number of nitrogen functional groups attached to an aromatic ring is 1. The first-order valence-corrected chi connectivity index (χ1v) is 6.66. The standard InChI is InChI=1S/C11H12N2OS2/c1-14-9-2-3-10(12)11(4-9)16-6-8-5-15-7-13-8/h2-5,7H,6,12H2,1H3. The van der Waals surface area contributed by atoms with E-state index in [-0.39, 0.29) is 0 Å². The van der Waals surface area contributed by atoms with Gasteiger partial charge in [0.1, 0.15) is 5.75 Å². The molecule has 2 aromatic rings. The van der Waals surface area contributed by atoms with Crippen LogP contribution < -0.4 is 10.5 Å². The minimum Gasteiger partial charge on any atom is -0.497 e. The average Bonchev–Trinajstić information content (AvgIpc) is 2.81. The van der Waals surface area contributed by atoms with Crippen LogP contribution in [0.4, 0.5) is 5.69 Å². The lowest BCUT2D eigenvalue weighted by Crippen LogP contribution is -1.91. The second-order valence-corrected chi connectivity index (χ2v) is 4.91. The Labute approximate surface area is 103 Å². The van der Waals surface area contributed by atoms with Crippen molar-refractivity contribution in [3.8, 4) is 5.75 Å². The molecule has 0 saturated carbocycles. The molecule has 0 unspecified atom stereocenters. The van der Waals surface area contributed by atoms with Gasteiger partial charge in [-0.1, -0.05) is 0 Å². The van der Waals surface area contributed by atoms with Gasteiger partial charge in [-0.05, 0) is 18.2 Å². The smallest absolute Gasteiger partial charge is 0.120 e. The number of benzene rings is 1. The first-order chi connectivity index (χ1) is 7.79. The first-order valence-electron chi connectivity index (χ1n) is 4.73. The van der Waals surface area contributed by atoms with Crippen LogP contribution in [0.5, 0.6) is 5.75 Å². The van der Waals surface area contributed by atoms with Crippen LogP contribution in [0.25, 0.3) is 0 Å². The fourth-order valence-corrected chi connectivity index (χ4v) is 2.79. The number of nitrogens with two attached hydrogens (primary N) is 1. The summed E-state index contributed by atoms with van der Waals surface area (Å²) in [4.78, 5) is 5.26. The maximum absolute atomic E-state index is 5.89. The Morgan fingerprint density at radius 2 is 2.38 bits per heavy atom. The molecule has 0 spiro atoms. The molecule has 16 heavy (non-hydrogen) atoms. The van der Waals surface area contributed by atoms with Crippen molar-refractivity contribution in [2.45, 2.75) is 10.6 Å². The summed E-state index contributed by atoms with van der Waals surface area (Å²) in [6, 6.07) is 5.68. The third kappa shape index (κ3) is 2.68. The third-order valence-electron chi connectivity index (χ3n) is 2.08. The van der Waals surface area contributed by atoms with Crippen LogP contribution in [-0.4, -0.2) is 12.1 Å². The van der Waals surface area contributed by atoms with E-state index in [0.29, 0.717) is 0 Å². The molecule has 0 radical (unpaired) electrons. The van der Waals surface area contributed by atoms with E-state index >= 15 is 0 Å². The maximum Gasteiger partial charge on any atom is 0.120 e. The van der Waals surface area contributed by atoms with E-state index in [4.69, 9.17) is 10.5 Å². The van der Waals surface area contributed by atoms with Crippen molar-refractivity contribution in [3.63, 3.8) is 0 Å². The summed E-state index contributed by atoms with van der Waals surface area (Å²) in [6.07, 6.45) is 0. The number of aromatic nitrogens is 1. The van der Waals surface area contributed by atoms with E-state index < -0.39 is 0 Å². The monoisotopic (exact) mass is 252 g/mol. The van der Waals surface area contributed by atoms with Gasteiger partial charge in [-0.2, -0.15) is 0 Å². The number of thiazole rings is 1. The zero-order valence-corrected chi connectivity index (χ0v) is 10.5. The maximum atomic E-state index is 5.89. The number of anilines is 1. The highest BCUT2D eigenvalue weighted by Crippen LogP contribution is 2.31. The van der Waals surface area contributed by atoms with Crippen LogP contribution in [0.1, 0.15) is 5.69 Å². The van der Waals surface area contributed by atoms with E-state index in [1.165, 1.54) is 0 Å². The molecule has 0 aliphatic carbocycles. The largest absolute Gasteiger partial charge is 0.497 e. The molecular formula is C11H12N2OS2. The highest BCUT2D eigenvalue weighted by molar-refractivity contribution is 7.98. The van der Waals surface area contributed by atoms with Crippen LogP contribution in [0.15, 0.2) is 34.0 Å². The molecular weight excluding hydrogens is 240 g/mol. The van der Waals surface area contributed by atoms with Crippen LogP contribution in [0.2, 0.25) is 0 Å². The average molecular weight is 252 g/mol. The molecule has 0 aliphatic rings. The SMILES string of the molecule is COc1ccc(N)c(SCc2cscn2)c1. The second kappa shape index (κ2) is 5.23. The minimum atomic E-state index is 0.779. The van der Waals surface area contributed by atoms with Crippen molar-refractivity contribution in [2.24, 2.45) is 0 Å². The summed E-state index contributed by atoms with van der Waals surface area (Å²) in [5.41, 5.74) is 9.59. The van der Waals surface area contributed by atoms with Crippen molar-refractivity contribution >= 4 is 28.8 Å². The summed E-state index contributed by atoms with van der Waals surface area (Å²) in [5.74, 6) is 1.66. The molecule has 1 aromatic carbocycles. The van der Waals surface area contributed by atoms with Crippen molar-refractivity contribution in [1.29, 1.82) is 0 Å². The number of thioether (sulfide) groups is 1. The van der Waals surface area contributed by atoms with Gasteiger partial charge in [0.2, 0.25) is 0 Å². The van der Waals surface area contributed by atoms with Gasteiger partial charge in [-0.3, -0.25) is 0 Å². The van der Waals surface area contributed by atoms with Gasteiger partial charge >= 0.3 is 0 Å². The highest BCUT2D eigenvalue weighted by atomic mass is 32.2. The normalized spacial score (nSPS) is 10.3. The molecule has 2 N–H and O–H groups in total. The number of ether oxygens (including phenoxy) is 1. The second-order valence-electron chi connectivity index (χ2n) is 3.17. The molecule has 1 aromatic heterocycles. The molecule has 0 aliphatic heterocycles. The Hall–Kier alpha value is -1.20. The topological polar surface area (TPSA) is 48.1 Å². The molecule has 2 rings (SSSR count). The van der Waals surface area contributed by atoms with E-state index in [1.807, 2.05) is 29.1 Å². The molecule has 0 bridgehead atoms. The first kappa shape index (κ1) is 11.3. The Kier molecular flexibility index (Phi) is 3.69. The highest BCUT2D eigenvalue weighted by Gasteiger charge is 2.03. The third-order valence-corrected chi connectivity index (χ3v) is 3.82. The summed E-state index contributed by atoms with van der Waals surface area (Å²) in [7, 11) is 1.65. The minimum absolute atomic E-state index is 0.779. The van der Waals surface area contributed by atoms with Gasteiger partial charge in [0.15, 0.2) is 0 Å². The van der Waals surface area contributed by atoms with Crippen molar-refractivity contribution in [1.82, 2.24) is 4.98 Å². The van der Waals surface area contributed by atoms with Crippen molar-refractivity contribution < 1.29 is 4.74 Å². The fourth-order valence-electron chi connectivity index (χ4n) is 1.23. The van der Waals surface area contributed by atoms with Crippen molar-refractivity contribution in [3.05, 3.63) is 34.8 Å². The van der Waals surface area contributed by atoms with Crippen LogP contribution in [-0.2, 0) is 5.75 Å². The molecule has 84 valence electrons. The number of methoxy groups -OCH3 is 1. The summed E-state index contributed by atoms with van der Waals surface area (Å²) in [5, 5.41) is 2.05. The Bertz CT molecular complexity index is 457. The predicted octanol–water partition coefficient (Wildman–Crippen LogP) is 3.03. The summed E-state index contributed by atoms with van der Waals surface area (Å²) >= 11 is 3.28. The quantitative estimate of drug-likeness (QED) is 0.671. The lowest BCUT2D eigenvalue weighted by molar-refractivity contribution is 0.414. The van der Waals surface area contributed by atoms with Gasteiger partial charge in [0.25, 0.3) is 0 Å². The fraction of sp³-hybridized carbons (Fsp3) is 0.182. The van der Waals surface area contributed by atoms with E-state index in [1.54, 1.807) is 30.2 Å². The summed E-state index contributed by atoms with van der Waals surface area (Å²) in [6.45, 7) is 0. The Morgan fingerprint density at radius 3 is 3.06 bits per heavy atom. The van der Waals surface area contributed by atoms with Crippen LogP contribution in [0, 0.1) is 0 Å². The lowest BCUT2D eigenvalue weighted by Gasteiger charge is -2.06. The predicted molar refractivity (Wildman–Crippen MR) is 69.1 cm³/mol. The lowest BCUT2D eigenvalue weighted by atomic mass is 10.3. The molecule has 0 atom stereocenters. The van der Waals surface area contributed by atoms with E-state index in [9.17, 15) is 0 Å².